The molecule has 1 saturated heterocycles. The topological polar surface area (TPSA) is 73.5 Å². The number of nitrogens with zero attached hydrogens (tertiary/aromatic N) is 3. The first-order valence-corrected chi connectivity index (χ1v) is 6.86. The largest absolute Gasteiger partial charge is 0.476 e. The van der Waals surface area contributed by atoms with Crippen LogP contribution < -0.4 is 15.4 Å². The van der Waals surface area contributed by atoms with Gasteiger partial charge in [-0.25, -0.2) is 4.98 Å². The molecule has 2 rings (SSSR count). The van der Waals surface area contributed by atoms with Gasteiger partial charge in [-0.3, -0.25) is 0 Å². The van der Waals surface area contributed by atoms with Crippen molar-refractivity contribution in [3.63, 3.8) is 0 Å². The van der Waals surface area contributed by atoms with Crippen molar-refractivity contribution in [2.24, 2.45) is 0 Å². The molecule has 6 heteroatoms. The van der Waals surface area contributed by atoms with Crippen LogP contribution in [0.2, 0.25) is 0 Å². The van der Waals surface area contributed by atoms with Crippen LogP contribution in [0.5, 0.6) is 5.88 Å². The fraction of sp³-hybridized carbons (Fsp3) is 0.692. The van der Waals surface area contributed by atoms with E-state index in [1.54, 1.807) is 0 Å². The molecule has 1 aliphatic heterocycles. The van der Waals surface area contributed by atoms with Crippen molar-refractivity contribution >= 4 is 11.5 Å². The molecular formula is C13H22N4O2. The van der Waals surface area contributed by atoms with Gasteiger partial charge < -0.3 is 20.1 Å². The SMILES string of the molecule is CCOc1ncnc(N2CCCC(OCC)C2)c1N. The van der Waals surface area contributed by atoms with Gasteiger partial charge >= 0.3 is 0 Å². The van der Waals surface area contributed by atoms with Crippen LogP contribution in [0.1, 0.15) is 26.7 Å². The number of ether oxygens (including phenoxy) is 2. The molecule has 1 fully saturated rings. The molecular weight excluding hydrogens is 244 g/mol. The van der Waals surface area contributed by atoms with E-state index in [4.69, 9.17) is 15.2 Å². The van der Waals surface area contributed by atoms with E-state index in [1.165, 1.54) is 6.33 Å². The molecule has 0 aromatic carbocycles. The van der Waals surface area contributed by atoms with E-state index in [0.717, 1.165) is 38.4 Å². The van der Waals surface area contributed by atoms with Gasteiger partial charge in [-0.1, -0.05) is 0 Å². The van der Waals surface area contributed by atoms with E-state index >= 15 is 0 Å². The maximum Gasteiger partial charge on any atom is 0.242 e. The van der Waals surface area contributed by atoms with Gasteiger partial charge in [-0.15, -0.1) is 0 Å². The van der Waals surface area contributed by atoms with Crippen LogP contribution >= 0.6 is 0 Å². The quantitative estimate of drug-likeness (QED) is 0.870. The minimum atomic E-state index is 0.253. The molecule has 19 heavy (non-hydrogen) atoms. The van der Waals surface area contributed by atoms with Crippen molar-refractivity contribution in [3.8, 4) is 5.88 Å². The summed E-state index contributed by atoms with van der Waals surface area (Å²) in [5, 5.41) is 0. The van der Waals surface area contributed by atoms with Crippen molar-refractivity contribution < 1.29 is 9.47 Å². The summed E-state index contributed by atoms with van der Waals surface area (Å²) in [5.41, 5.74) is 6.60. The molecule has 1 aliphatic rings. The lowest BCUT2D eigenvalue weighted by Gasteiger charge is -2.33. The number of nitrogen functional groups attached to an aromatic ring is 1. The number of nitrogens with two attached hydrogens (primary N) is 1. The predicted molar refractivity (Wildman–Crippen MR) is 74.5 cm³/mol. The minimum absolute atomic E-state index is 0.253. The fourth-order valence-electron chi connectivity index (χ4n) is 2.38. The van der Waals surface area contributed by atoms with Crippen molar-refractivity contribution in [1.82, 2.24) is 9.97 Å². The Balaban J connectivity index is 2.14. The molecule has 2 N–H and O–H groups in total. The van der Waals surface area contributed by atoms with Crippen molar-refractivity contribution in [2.75, 3.05) is 36.9 Å². The zero-order valence-electron chi connectivity index (χ0n) is 11.6. The van der Waals surface area contributed by atoms with E-state index in [2.05, 4.69) is 14.9 Å². The van der Waals surface area contributed by atoms with Gasteiger partial charge in [-0.05, 0) is 26.7 Å². The Kier molecular flexibility index (Phi) is 4.79. The lowest BCUT2D eigenvalue weighted by Crippen LogP contribution is -2.40. The third-order valence-electron chi connectivity index (χ3n) is 3.19. The fourth-order valence-corrected chi connectivity index (χ4v) is 2.38. The third-order valence-corrected chi connectivity index (χ3v) is 3.19. The molecule has 106 valence electrons. The molecule has 1 aromatic rings. The smallest absolute Gasteiger partial charge is 0.242 e. The first-order chi connectivity index (χ1) is 9.26. The molecule has 0 saturated carbocycles. The van der Waals surface area contributed by atoms with Gasteiger partial charge in [0.25, 0.3) is 0 Å². The molecule has 0 bridgehead atoms. The number of anilines is 2. The highest BCUT2D eigenvalue weighted by atomic mass is 16.5. The summed E-state index contributed by atoms with van der Waals surface area (Å²) in [6, 6.07) is 0. The summed E-state index contributed by atoms with van der Waals surface area (Å²) < 4.78 is 11.1. The summed E-state index contributed by atoms with van der Waals surface area (Å²) in [7, 11) is 0. The van der Waals surface area contributed by atoms with Crippen LogP contribution in [0.3, 0.4) is 0 Å². The minimum Gasteiger partial charge on any atom is -0.476 e. The average Bonchev–Trinajstić information content (AvgIpc) is 2.42. The summed E-state index contributed by atoms with van der Waals surface area (Å²) in [4.78, 5) is 10.5. The summed E-state index contributed by atoms with van der Waals surface area (Å²) >= 11 is 0. The van der Waals surface area contributed by atoms with Gasteiger partial charge in [0.2, 0.25) is 5.88 Å². The Morgan fingerprint density at radius 2 is 2.21 bits per heavy atom. The average molecular weight is 266 g/mol. The van der Waals surface area contributed by atoms with Gasteiger partial charge in [0.1, 0.15) is 12.0 Å². The molecule has 1 aromatic heterocycles. The molecule has 0 spiro atoms. The van der Waals surface area contributed by atoms with Crippen LogP contribution in [0.25, 0.3) is 0 Å². The van der Waals surface area contributed by atoms with Crippen molar-refractivity contribution in [3.05, 3.63) is 6.33 Å². The van der Waals surface area contributed by atoms with Crippen molar-refractivity contribution in [2.45, 2.75) is 32.8 Å². The molecule has 0 amide bonds. The maximum atomic E-state index is 6.09. The Labute approximate surface area is 113 Å². The van der Waals surface area contributed by atoms with Gasteiger partial charge in [0, 0.05) is 19.7 Å². The maximum absolute atomic E-state index is 6.09. The highest BCUT2D eigenvalue weighted by Crippen LogP contribution is 2.30. The first kappa shape index (κ1) is 13.9. The van der Waals surface area contributed by atoms with E-state index in [0.29, 0.717) is 18.2 Å². The molecule has 0 radical (unpaired) electrons. The molecule has 1 atom stereocenters. The van der Waals surface area contributed by atoms with Crippen molar-refractivity contribution in [1.29, 1.82) is 0 Å². The molecule has 6 nitrogen and oxygen atoms in total. The number of hydrogen-bond acceptors (Lipinski definition) is 6. The summed E-state index contributed by atoms with van der Waals surface area (Å²) in [6.45, 7) is 6.97. The highest BCUT2D eigenvalue weighted by molar-refractivity contribution is 5.67. The standard InChI is InChI=1S/C13H22N4O2/c1-3-18-10-6-5-7-17(8-10)12-11(14)13(19-4-2)16-9-15-12/h9-10H,3-8,14H2,1-2H3. The Morgan fingerprint density at radius 3 is 2.95 bits per heavy atom. The van der Waals surface area contributed by atoms with Gasteiger partial charge in [-0.2, -0.15) is 4.98 Å². The van der Waals surface area contributed by atoms with E-state index in [1.807, 2.05) is 13.8 Å². The third kappa shape index (κ3) is 3.26. The predicted octanol–water partition coefficient (Wildman–Crippen LogP) is 1.46. The zero-order valence-corrected chi connectivity index (χ0v) is 11.6. The van der Waals surface area contributed by atoms with Crippen LogP contribution in [0, 0.1) is 0 Å². The second kappa shape index (κ2) is 6.56. The highest BCUT2D eigenvalue weighted by Gasteiger charge is 2.23. The van der Waals surface area contributed by atoms with E-state index in [-0.39, 0.29) is 6.10 Å². The number of piperidine rings is 1. The first-order valence-electron chi connectivity index (χ1n) is 6.86. The number of rotatable bonds is 5. The van der Waals surface area contributed by atoms with Crippen LogP contribution in [0.4, 0.5) is 11.5 Å². The van der Waals surface area contributed by atoms with Gasteiger partial charge in [0.15, 0.2) is 5.82 Å². The second-order valence-electron chi connectivity index (χ2n) is 4.51. The van der Waals surface area contributed by atoms with Crippen LogP contribution in [-0.2, 0) is 4.74 Å². The molecule has 0 aliphatic carbocycles. The Hall–Kier alpha value is -1.56. The summed E-state index contributed by atoms with van der Waals surface area (Å²) in [6.07, 6.45) is 3.93. The number of hydrogen-bond donors (Lipinski definition) is 1. The Bertz CT molecular complexity index is 412. The van der Waals surface area contributed by atoms with Crippen LogP contribution in [-0.4, -0.2) is 42.4 Å². The van der Waals surface area contributed by atoms with Crippen LogP contribution in [0.15, 0.2) is 6.33 Å². The molecule has 1 unspecified atom stereocenters. The van der Waals surface area contributed by atoms with E-state index in [9.17, 15) is 0 Å². The number of aromatic nitrogens is 2. The van der Waals surface area contributed by atoms with E-state index < -0.39 is 0 Å². The normalized spacial score (nSPS) is 19.5. The Morgan fingerprint density at radius 1 is 1.37 bits per heavy atom. The molecule has 2 heterocycles. The lowest BCUT2D eigenvalue weighted by atomic mass is 10.1. The summed E-state index contributed by atoms with van der Waals surface area (Å²) in [5.74, 6) is 1.22. The monoisotopic (exact) mass is 266 g/mol. The second-order valence-corrected chi connectivity index (χ2v) is 4.51. The lowest BCUT2D eigenvalue weighted by molar-refractivity contribution is 0.0525. The zero-order chi connectivity index (χ0) is 13.7. The van der Waals surface area contributed by atoms with Gasteiger partial charge in [0.05, 0.1) is 12.7 Å².